The van der Waals surface area contributed by atoms with Crippen molar-refractivity contribution in [2.45, 2.75) is 18.9 Å². The third-order valence-corrected chi connectivity index (χ3v) is 2.34. The van der Waals surface area contributed by atoms with Gasteiger partial charge in [-0.15, -0.1) is 0 Å². The van der Waals surface area contributed by atoms with Gasteiger partial charge in [0.1, 0.15) is 11.4 Å². The van der Waals surface area contributed by atoms with Gasteiger partial charge in [-0.25, -0.2) is 4.98 Å². The average molecular weight is 221 g/mol. The Labute approximate surface area is 94.2 Å². The lowest BCUT2D eigenvalue weighted by molar-refractivity contribution is 0.0821. The van der Waals surface area contributed by atoms with Gasteiger partial charge >= 0.3 is 0 Å². The number of hydrogen-bond donors (Lipinski definition) is 1. The molecule has 2 N–H and O–H groups in total. The maximum absolute atomic E-state index is 11.7. The molecule has 1 fully saturated rings. The molecule has 0 unspecified atom stereocenters. The fourth-order valence-corrected chi connectivity index (χ4v) is 1.26. The zero-order valence-corrected chi connectivity index (χ0v) is 9.43. The number of amides is 1. The number of nitrogen functional groups attached to an aromatic ring is 1. The van der Waals surface area contributed by atoms with E-state index in [4.69, 9.17) is 10.5 Å². The Morgan fingerprint density at radius 1 is 1.56 bits per heavy atom. The number of aromatic nitrogens is 1. The van der Waals surface area contributed by atoms with Gasteiger partial charge in [-0.3, -0.25) is 4.79 Å². The maximum atomic E-state index is 11.7. The minimum absolute atomic E-state index is 0.152. The summed E-state index contributed by atoms with van der Waals surface area (Å²) in [7, 11) is 3.36. The minimum atomic E-state index is -0.152. The van der Waals surface area contributed by atoms with E-state index in [-0.39, 0.29) is 12.0 Å². The SMILES string of the molecule is CN(C)C(=O)c1cc(OC2CC2)c(N)cn1. The molecule has 5 heteroatoms. The summed E-state index contributed by atoms with van der Waals surface area (Å²) in [6, 6.07) is 1.61. The van der Waals surface area contributed by atoms with Crippen molar-refractivity contribution >= 4 is 11.6 Å². The summed E-state index contributed by atoms with van der Waals surface area (Å²) >= 11 is 0. The Bertz CT molecular complexity index is 414. The Morgan fingerprint density at radius 2 is 2.25 bits per heavy atom. The highest BCUT2D eigenvalue weighted by atomic mass is 16.5. The third-order valence-electron chi connectivity index (χ3n) is 2.34. The molecule has 1 heterocycles. The van der Waals surface area contributed by atoms with Crippen LogP contribution in [0.15, 0.2) is 12.3 Å². The minimum Gasteiger partial charge on any atom is -0.488 e. The van der Waals surface area contributed by atoms with Crippen molar-refractivity contribution in [3.8, 4) is 5.75 Å². The molecule has 16 heavy (non-hydrogen) atoms. The molecule has 0 spiro atoms. The molecule has 1 aliphatic carbocycles. The van der Waals surface area contributed by atoms with Crippen molar-refractivity contribution in [2.24, 2.45) is 0 Å². The molecule has 0 atom stereocenters. The Balaban J connectivity index is 2.23. The summed E-state index contributed by atoms with van der Waals surface area (Å²) in [6.07, 6.45) is 3.83. The molecule has 0 aromatic carbocycles. The molecular formula is C11H15N3O2. The van der Waals surface area contributed by atoms with E-state index in [9.17, 15) is 4.79 Å². The van der Waals surface area contributed by atoms with Crippen molar-refractivity contribution in [3.05, 3.63) is 18.0 Å². The van der Waals surface area contributed by atoms with Crippen LogP contribution < -0.4 is 10.5 Å². The predicted molar refractivity (Wildman–Crippen MR) is 60.3 cm³/mol. The third kappa shape index (κ3) is 2.24. The fraction of sp³-hybridized carbons (Fsp3) is 0.455. The maximum Gasteiger partial charge on any atom is 0.272 e. The molecule has 1 aromatic rings. The van der Waals surface area contributed by atoms with Gasteiger partial charge in [0.25, 0.3) is 5.91 Å². The molecule has 0 radical (unpaired) electrons. The van der Waals surface area contributed by atoms with E-state index in [1.54, 1.807) is 20.2 Å². The van der Waals surface area contributed by atoms with Crippen molar-refractivity contribution < 1.29 is 9.53 Å². The molecule has 0 aliphatic heterocycles. The van der Waals surface area contributed by atoms with Gasteiger partial charge in [0.15, 0.2) is 0 Å². The first-order valence-corrected chi connectivity index (χ1v) is 5.21. The van der Waals surface area contributed by atoms with Crippen molar-refractivity contribution in [2.75, 3.05) is 19.8 Å². The number of rotatable bonds is 3. The average Bonchev–Trinajstić information content (AvgIpc) is 3.04. The number of nitrogens with zero attached hydrogens (tertiary/aromatic N) is 2. The first kappa shape index (κ1) is 10.7. The lowest BCUT2D eigenvalue weighted by Crippen LogP contribution is -2.22. The van der Waals surface area contributed by atoms with Crippen molar-refractivity contribution in [3.63, 3.8) is 0 Å². The van der Waals surface area contributed by atoms with Gasteiger partial charge in [0, 0.05) is 20.2 Å². The number of ether oxygens (including phenoxy) is 1. The smallest absolute Gasteiger partial charge is 0.272 e. The van der Waals surface area contributed by atoms with Gasteiger partial charge in [-0.05, 0) is 12.8 Å². The van der Waals surface area contributed by atoms with Crippen LogP contribution in [0, 0.1) is 0 Å². The van der Waals surface area contributed by atoms with Crippen LogP contribution in [-0.4, -0.2) is 36.0 Å². The zero-order valence-electron chi connectivity index (χ0n) is 9.43. The number of pyridine rings is 1. The van der Waals surface area contributed by atoms with E-state index in [1.165, 1.54) is 11.1 Å². The van der Waals surface area contributed by atoms with Gasteiger partial charge in [0.05, 0.1) is 18.0 Å². The molecule has 1 aromatic heterocycles. The highest BCUT2D eigenvalue weighted by molar-refractivity contribution is 5.92. The zero-order chi connectivity index (χ0) is 11.7. The van der Waals surface area contributed by atoms with E-state index in [2.05, 4.69) is 4.98 Å². The highest BCUT2D eigenvalue weighted by Gasteiger charge is 2.25. The summed E-state index contributed by atoms with van der Waals surface area (Å²) < 4.78 is 5.59. The van der Waals surface area contributed by atoms with Crippen LogP contribution in [0.3, 0.4) is 0 Å². The van der Waals surface area contributed by atoms with E-state index >= 15 is 0 Å². The Kier molecular flexibility index (Phi) is 2.68. The number of carbonyl (C=O) groups is 1. The standard InChI is InChI=1S/C11H15N3O2/c1-14(2)11(15)9-5-10(8(12)6-13-9)16-7-3-4-7/h5-7H,3-4,12H2,1-2H3. The molecule has 1 aliphatic rings. The fourth-order valence-electron chi connectivity index (χ4n) is 1.26. The monoisotopic (exact) mass is 221 g/mol. The quantitative estimate of drug-likeness (QED) is 0.823. The molecule has 0 saturated heterocycles. The topological polar surface area (TPSA) is 68.5 Å². The number of anilines is 1. The van der Waals surface area contributed by atoms with Gasteiger partial charge in [-0.2, -0.15) is 0 Å². The van der Waals surface area contributed by atoms with Crippen molar-refractivity contribution in [1.29, 1.82) is 0 Å². The van der Waals surface area contributed by atoms with Crippen molar-refractivity contribution in [1.82, 2.24) is 9.88 Å². The van der Waals surface area contributed by atoms with E-state index in [0.29, 0.717) is 17.1 Å². The largest absolute Gasteiger partial charge is 0.488 e. The summed E-state index contributed by atoms with van der Waals surface area (Å²) in [5.74, 6) is 0.406. The normalized spacial score (nSPS) is 14.6. The second kappa shape index (κ2) is 4.00. The summed E-state index contributed by atoms with van der Waals surface area (Å²) in [5, 5.41) is 0. The van der Waals surface area contributed by atoms with Crippen LogP contribution >= 0.6 is 0 Å². The molecule has 2 rings (SSSR count). The molecule has 86 valence electrons. The summed E-state index contributed by atoms with van der Waals surface area (Å²) in [5.41, 5.74) is 6.56. The van der Waals surface area contributed by atoms with Crippen LogP contribution in [0.5, 0.6) is 5.75 Å². The highest BCUT2D eigenvalue weighted by Crippen LogP contribution is 2.30. The lowest BCUT2D eigenvalue weighted by atomic mass is 10.3. The van der Waals surface area contributed by atoms with Gasteiger partial charge in [-0.1, -0.05) is 0 Å². The number of nitrogens with two attached hydrogens (primary N) is 1. The van der Waals surface area contributed by atoms with Gasteiger partial charge in [0.2, 0.25) is 0 Å². The molecule has 1 saturated carbocycles. The first-order valence-electron chi connectivity index (χ1n) is 5.21. The second-order valence-electron chi connectivity index (χ2n) is 4.12. The van der Waals surface area contributed by atoms with Gasteiger partial charge < -0.3 is 15.4 Å². The molecular weight excluding hydrogens is 206 g/mol. The Hall–Kier alpha value is -1.78. The predicted octanol–water partition coefficient (Wildman–Crippen LogP) is 0.907. The van der Waals surface area contributed by atoms with E-state index in [1.807, 2.05) is 0 Å². The van der Waals surface area contributed by atoms with E-state index < -0.39 is 0 Å². The van der Waals surface area contributed by atoms with Crippen LogP contribution in [0.1, 0.15) is 23.3 Å². The van der Waals surface area contributed by atoms with Crippen LogP contribution in [-0.2, 0) is 0 Å². The number of carbonyl (C=O) groups excluding carboxylic acids is 1. The molecule has 0 bridgehead atoms. The van der Waals surface area contributed by atoms with E-state index in [0.717, 1.165) is 12.8 Å². The second-order valence-corrected chi connectivity index (χ2v) is 4.12. The lowest BCUT2D eigenvalue weighted by Gasteiger charge is -2.12. The van der Waals surface area contributed by atoms with Crippen LogP contribution in [0.2, 0.25) is 0 Å². The van der Waals surface area contributed by atoms with Crippen LogP contribution in [0.25, 0.3) is 0 Å². The molecule has 1 amide bonds. The number of hydrogen-bond acceptors (Lipinski definition) is 4. The summed E-state index contributed by atoms with van der Waals surface area (Å²) in [4.78, 5) is 17.1. The molecule has 5 nitrogen and oxygen atoms in total. The first-order chi connectivity index (χ1) is 7.58. The Morgan fingerprint density at radius 3 is 2.81 bits per heavy atom. The van der Waals surface area contributed by atoms with Crippen LogP contribution in [0.4, 0.5) is 5.69 Å². The summed E-state index contributed by atoms with van der Waals surface area (Å²) in [6.45, 7) is 0.